The van der Waals surface area contributed by atoms with Crippen molar-refractivity contribution < 1.29 is 9.53 Å². The molecule has 1 saturated heterocycles. The molecule has 0 aliphatic carbocycles. The number of nitrogens with one attached hydrogen (secondary N) is 1. The Hall–Kier alpha value is -2.57. The third-order valence-corrected chi connectivity index (χ3v) is 4.18. The lowest BCUT2D eigenvalue weighted by Crippen LogP contribution is -2.39. The van der Waals surface area contributed by atoms with Gasteiger partial charge in [-0.25, -0.2) is 9.78 Å². The van der Waals surface area contributed by atoms with Crippen LogP contribution in [-0.2, 0) is 13.6 Å². The molecular formula is C17H23N5O2. The lowest BCUT2D eigenvalue weighted by Gasteiger charge is -2.24. The third-order valence-electron chi connectivity index (χ3n) is 4.18. The van der Waals surface area contributed by atoms with Crippen LogP contribution >= 0.6 is 0 Å². The minimum absolute atomic E-state index is 0.0624. The second-order valence-electron chi connectivity index (χ2n) is 5.86. The maximum atomic E-state index is 12.6. The summed E-state index contributed by atoms with van der Waals surface area (Å²) >= 11 is 0. The molecule has 128 valence electrons. The fourth-order valence-electron chi connectivity index (χ4n) is 3.07. The predicted octanol–water partition coefficient (Wildman–Crippen LogP) is 2.26. The van der Waals surface area contributed by atoms with Crippen molar-refractivity contribution in [3.8, 4) is 5.88 Å². The van der Waals surface area contributed by atoms with Crippen molar-refractivity contribution >= 4 is 6.03 Å². The smallest absolute Gasteiger partial charge is 0.318 e. The van der Waals surface area contributed by atoms with Crippen molar-refractivity contribution in [1.82, 2.24) is 25.0 Å². The average molecular weight is 329 g/mol. The number of carbonyl (C=O) groups excluding carboxylic acids is 1. The Morgan fingerprint density at radius 2 is 2.38 bits per heavy atom. The summed E-state index contributed by atoms with van der Waals surface area (Å²) in [4.78, 5) is 18.7. The van der Waals surface area contributed by atoms with Crippen LogP contribution in [0.1, 0.15) is 36.9 Å². The second kappa shape index (κ2) is 7.33. The van der Waals surface area contributed by atoms with Crippen LogP contribution in [0.15, 0.2) is 30.7 Å². The van der Waals surface area contributed by atoms with Gasteiger partial charge in [-0.05, 0) is 25.8 Å². The highest BCUT2D eigenvalue weighted by Crippen LogP contribution is 2.31. The fraction of sp³-hybridized carbons (Fsp3) is 0.471. The lowest BCUT2D eigenvalue weighted by molar-refractivity contribution is 0.192. The van der Waals surface area contributed by atoms with Gasteiger partial charge >= 0.3 is 6.03 Å². The molecule has 1 aliphatic rings. The van der Waals surface area contributed by atoms with Gasteiger partial charge in [0.15, 0.2) is 0 Å². The normalized spacial score (nSPS) is 17.1. The van der Waals surface area contributed by atoms with E-state index in [1.54, 1.807) is 10.9 Å². The number of likely N-dealkylation sites (tertiary alicyclic amines) is 1. The van der Waals surface area contributed by atoms with Gasteiger partial charge in [-0.2, -0.15) is 5.10 Å². The van der Waals surface area contributed by atoms with Gasteiger partial charge in [-0.15, -0.1) is 0 Å². The van der Waals surface area contributed by atoms with Gasteiger partial charge in [0.25, 0.3) is 0 Å². The summed E-state index contributed by atoms with van der Waals surface area (Å²) in [5.41, 5.74) is 1.96. The molecule has 0 aromatic carbocycles. The Bertz CT molecular complexity index is 700. The number of aryl methyl sites for hydroxylation is 1. The fourth-order valence-corrected chi connectivity index (χ4v) is 3.07. The third kappa shape index (κ3) is 3.50. The van der Waals surface area contributed by atoms with E-state index in [0.717, 1.165) is 30.5 Å². The molecule has 0 unspecified atom stereocenters. The molecule has 1 aliphatic heterocycles. The average Bonchev–Trinajstić information content (AvgIpc) is 3.22. The standard InChI is InChI=1S/C17H23N5O2/c1-3-24-16-13(6-4-8-18-16)10-19-17(23)22-9-5-7-15(22)14-11-20-21(2)12-14/h4,6,8,11-12,15H,3,5,7,9-10H2,1-2H3,(H,19,23)/t15-/m0/s1. The van der Waals surface area contributed by atoms with Crippen molar-refractivity contribution in [1.29, 1.82) is 0 Å². The van der Waals surface area contributed by atoms with Gasteiger partial charge in [0, 0.05) is 43.7 Å². The highest BCUT2D eigenvalue weighted by Gasteiger charge is 2.30. The molecule has 0 spiro atoms. The number of hydrogen-bond donors (Lipinski definition) is 1. The van der Waals surface area contributed by atoms with Gasteiger partial charge in [0.2, 0.25) is 5.88 Å². The van der Waals surface area contributed by atoms with E-state index in [2.05, 4.69) is 15.4 Å². The minimum Gasteiger partial charge on any atom is -0.478 e. The van der Waals surface area contributed by atoms with Crippen molar-refractivity contribution in [3.05, 3.63) is 41.9 Å². The number of urea groups is 1. The predicted molar refractivity (Wildman–Crippen MR) is 89.5 cm³/mol. The molecule has 0 bridgehead atoms. The van der Waals surface area contributed by atoms with Crippen molar-refractivity contribution in [2.24, 2.45) is 7.05 Å². The molecular weight excluding hydrogens is 306 g/mol. The van der Waals surface area contributed by atoms with Crippen molar-refractivity contribution in [2.45, 2.75) is 32.4 Å². The quantitative estimate of drug-likeness (QED) is 0.913. The van der Waals surface area contributed by atoms with E-state index in [0.29, 0.717) is 19.0 Å². The Balaban J connectivity index is 1.64. The van der Waals surface area contributed by atoms with Crippen LogP contribution in [0.3, 0.4) is 0 Å². The zero-order valence-electron chi connectivity index (χ0n) is 14.1. The molecule has 24 heavy (non-hydrogen) atoms. The Morgan fingerprint density at radius 1 is 1.50 bits per heavy atom. The first-order chi connectivity index (χ1) is 11.7. The van der Waals surface area contributed by atoms with Crippen LogP contribution in [0.4, 0.5) is 4.79 Å². The number of carbonyl (C=O) groups is 1. The van der Waals surface area contributed by atoms with E-state index < -0.39 is 0 Å². The lowest BCUT2D eigenvalue weighted by atomic mass is 10.1. The molecule has 2 amide bonds. The van der Waals surface area contributed by atoms with E-state index in [1.165, 1.54) is 0 Å². The Morgan fingerprint density at radius 3 is 3.12 bits per heavy atom. The molecule has 1 fully saturated rings. The number of amides is 2. The first-order valence-electron chi connectivity index (χ1n) is 8.28. The number of ether oxygens (including phenoxy) is 1. The first-order valence-corrected chi connectivity index (χ1v) is 8.28. The van der Waals surface area contributed by atoms with Crippen LogP contribution in [0, 0.1) is 0 Å². The van der Waals surface area contributed by atoms with Gasteiger partial charge in [0.1, 0.15) is 0 Å². The van der Waals surface area contributed by atoms with E-state index in [-0.39, 0.29) is 12.1 Å². The van der Waals surface area contributed by atoms with Gasteiger partial charge in [-0.1, -0.05) is 6.07 Å². The summed E-state index contributed by atoms with van der Waals surface area (Å²) in [5.74, 6) is 0.575. The number of nitrogens with zero attached hydrogens (tertiary/aromatic N) is 4. The maximum absolute atomic E-state index is 12.6. The van der Waals surface area contributed by atoms with Crippen LogP contribution in [-0.4, -0.2) is 38.8 Å². The second-order valence-corrected chi connectivity index (χ2v) is 5.86. The van der Waals surface area contributed by atoms with Crippen LogP contribution in [0.2, 0.25) is 0 Å². The molecule has 7 heteroatoms. The largest absolute Gasteiger partial charge is 0.478 e. The van der Waals surface area contributed by atoms with E-state index in [9.17, 15) is 4.79 Å². The number of aromatic nitrogens is 3. The molecule has 1 atom stereocenters. The first kappa shape index (κ1) is 16.3. The number of rotatable bonds is 5. The van der Waals surface area contributed by atoms with Crippen LogP contribution in [0.25, 0.3) is 0 Å². The van der Waals surface area contributed by atoms with Crippen LogP contribution in [0.5, 0.6) is 5.88 Å². The molecule has 1 N–H and O–H groups in total. The molecule has 3 heterocycles. The summed E-state index contributed by atoms with van der Waals surface area (Å²) in [6.07, 6.45) is 7.48. The van der Waals surface area contributed by atoms with Crippen LogP contribution < -0.4 is 10.1 Å². The number of pyridine rings is 1. The monoisotopic (exact) mass is 329 g/mol. The molecule has 3 rings (SSSR count). The summed E-state index contributed by atoms with van der Waals surface area (Å²) in [5, 5.41) is 7.20. The SMILES string of the molecule is CCOc1ncccc1CNC(=O)N1CCC[C@H]1c1cnn(C)c1. The van der Waals surface area contributed by atoms with E-state index in [4.69, 9.17) is 4.74 Å². The summed E-state index contributed by atoms with van der Waals surface area (Å²) in [7, 11) is 1.89. The summed E-state index contributed by atoms with van der Waals surface area (Å²) in [6.45, 7) is 3.63. The highest BCUT2D eigenvalue weighted by atomic mass is 16.5. The Labute approximate surface area is 141 Å². The summed E-state index contributed by atoms with van der Waals surface area (Å²) in [6, 6.07) is 3.80. The van der Waals surface area contributed by atoms with Gasteiger partial charge in [-0.3, -0.25) is 4.68 Å². The molecule has 2 aromatic rings. The summed E-state index contributed by atoms with van der Waals surface area (Å²) < 4.78 is 7.27. The highest BCUT2D eigenvalue weighted by molar-refractivity contribution is 5.75. The van der Waals surface area contributed by atoms with E-state index >= 15 is 0 Å². The zero-order valence-corrected chi connectivity index (χ0v) is 14.1. The molecule has 7 nitrogen and oxygen atoms in total. The molecule has 0 saturated carbocycles. The topological polar surface area (TPSA) is 72.3 Å². The van der Waals surface area contributed by atoms with Crippen molar-refractivity contribution in [2.75, 3.05) is 13.2 Å². The number of hydrogen-bond acceptors (Lipinski definition) is 4. The van der Waals surface area contributed by atoms with Crippen molar-refractivity contribution in [3.63, 3.8) is 0 Å². The van der Waals surface area contributed by atoms with Gasteiger partial charge in [0.05, 0.1) is 18.8 Å². The molecule has 2 aromatic heterocycles. The zero-order chi connectivity index (χ0) is 16.9. The Kier molecular flexibility index (Phi) is 4.98. The minimum atomic E-state index is -0.0624. The van der Waals surface area contributed by atoms with E-state index in [1.807, 2.05) is 43.4 Å². The maximum Gasteiger partial charge on any atom is 0.318 e. The molecule has 0 radical (unpaired) electrons. The van der Waals surface area contributed by atoms with Gasteiger partial charge < -0.3 is 15.0 Å².